The average molecular weight is 342 g/mol. The Morgan fingerprint density at radius 2 is 1.77 bits per heavy atom. The van der Waals surface area contributed by atoms with Crippen LogP contribution in [0.3, 0.4) is 0 Å². The van der Waals surface area contributed by atoms with Crippen molar-refractivity contribution in [1.82, 2.24) is 4.90 Å². The van der Waals surface area contributed by atoms with Crippen LogP contribution in [-0.2, 0) is 4.79 Å². The Labute approximate surface area is 144 Å². The molecule has 1 fully saturated rings. The summed E-state index contributed by atoms with van der Waals surface area (Å²) in [5, 5.41) is 0.712. The topological polar surface area (TPSA) is 20.3 Å². The van der Waals surface area contributed by atoms with Gasteiger partial charge in [-0.3, -0.25) is 4.79 Å². The highest BCUT2D eigenvalue weighted by Gasteiger charge is 2.28. The molecule has 1 aromatic carbocycles. The van der Waals surface area contributed by atoms with E-state index in [4.69, 9.17) is 11.6 Å². The van der Waals surface area contributed by atoms with Crippen LogP contribution in [0.1, 0.15) is 38.7 Å². The first kappa shape index (κ1) is 19.2. The predicted molar refractivity (Wildman–Crippen MR) is 96.8 cm³/mol. The highest BCUT2D eigenvalue weighted by molar-refractivity contribution is 6.30. The van der Waals surface area contributed by atoms with Gasteiger partial charge in [-0.2, -0.15) is 0 Å². The van der Waals surface area contributed by atoms with Gasteiger partial charge in [0.05, 0.1) is 0 Å². The molecule has 1 saturated heterocycles. The molecule has 0 radical (unpaired) electrons. The van der Waals surface area contributed by atoms with Crippen molar-refractivity contribution in [2.24, 2.45) is 5.41 Å². The molecule has 1 aromatic rings. The molecule has 0 aliphatic carbocycles. The molecule has 4 heteroatoms. The summed E-state index contributed by atoms with van der Waals surface area (Å²) < 4.78 is 0. The van der Waals surface area contributed by atoms with E-state index in [1.165, 1.54) is 19.3 Å². The van der Waals surface area contributed by atoms with Crippen molar-refractivity contribution in [3.05, 3.63) is 40.9 Å². The van der Waals surface area contributed by atoms with Gasteiger partial charge in [0.2, 0.25) is 0 Å². The monoisotopic (exact) mass is 341 g/mol. The van der Waals surface area contributed by atoms with Crippen LogP contribution in [0.4, 0.5) is 0 Å². The van der Waals surface area contributed by atoms with E-state index in [1.54, 1.807) is 6.08 Å². The molecule has 0 spiro atoms. The lowest BCUT2D eigenvalue weighted by atomic mass is 9.86. The van der Waals surface area contributed by atoms with Gasteiger partial charge < -0.3 is 4.90 Å². The van der Waals surface area contributed by atoms with Crippen LogP contribution in [-0.4, -0.2) is 30.3 Å². The summed E-state index contributed by atoms with van der Waals surface area (Å²) in [6, 6.07) is 7.52. The van der Waals surface area contributed by atoms with E-state index < -0.39 is 0 Å². The van der Waals surface area contributed by atoms with Crippen molar-refractivity contribution in [3.63, 3.8) is 0 Å². The van der Waals surface area contributed by atoms with E-state index in [0.29, 0.717) is 5.02 Å². The second kappa shape index (κ2) is 8.71. The van der Waals surface area contributed by atoms with Crippen molar-refractivity contribution in [1.29, 1.82) is 0 Å². The third-order valence-electron chi connectivity index (χ3n) is 4.03. The van der Waals surface area contributed by atoms with E-state index in [9.17, 15) is 4.79 Å². The van der Waals surface area contributed by atoms with Gasteiger partial charge in [-0.1, -0.05) is 50.1 Å². The number of halogens is 2. The zero-order chi connectivity index (χ0) is 15.3. The number of ketones is 1. The molecule has 0 bridgehead atoms. The number of likely N-dealkylation sites (tertiary alicyclic amines) is 1. The number of rotatable bonds is 5. The third kappa shape index (κ3) is 5.75. The smallest absolute Gasteiger partial charge is 0.162 e. The average Bonchev–Trinajstić information content (AvgIpc) is 2.47. The number of allylic oxidation sites excluding steroid dienone is 1. The summed E-state index contributed by atoms with van der Waals surface area (Å²) in [7, 11) is 0. The zero-order valence-electron chi connectivity index (χ0n) is 13.3. The Hall–Kier alpha value is -0.830. The van der Waals surface area contributed by atoms with E-state index in [1.807, 2.05) is 44.2 Å². The molecule has 0 N–H and O–H groups in total. The van der Waals surface area contributed by atoms with Gasteiger partial charge in [-0.25, -0.2) is 0 Å². The van der Waals surface area contributed by atoms with Crippen LogP contribution in [0.5, 0.6) is 0 Å². The Morgan fingerprint density at radius 1 is 1.18 bits per heavy atom. The van der Waals surface area contributed by atoms with Crippen LogP contribution < -0.4 is 0 Å². The van der Waals surface area contributed by atoms with Crippen molar-refractivity contribution in [3.8, 4) is 0 Å². The second-order valence-electron chi connectivity index (χ2n) is 6.47. The van der Waals surface area contributed by atoms with Crippen LogP contribution in [0.2, 0.25) is 5.02 Å². The largest absolute Gasteiger partial charge is 0.302 e. The summed E-state index contributed by atoms with van der Waals surface area (Å²) in [5.41, 5.74) is 0.668. The molecule has 1 aliphatic rings. The summed E-state index contributed by atoms with van der Waals surface area (Å²) in [5.74, 6) is 0.183. The fourth-order valence-electron chi connectivity index (χ4n) is 2.73. The lowest BCUT2D eigenvalue weighted by Gasteiger charge is -2.33. The fraction of sp³-hybridized carbons (Fsp3) is 0.500. The summed E-state index contributed by atoms with van der Waals surface area (Å²) in [4.78, 5) is 14.9. The molecule has 0 aromatic heterocycles. The van der Waals surface area contributed by atoms with E-state index >= 15 is 0 Å². The summed E-state index contributed by atoms with van der Waals surface area (Å²) >= 11 is 5.86. The molecule has 0 saturated carbocycles. The molecule has 22 heavy (non-hydrogen) atoms. The number of hydrogen-bond acceptors (Lipinski definition) is 2. The lowest BCUT2D eigenvalue weighted by Crippen LogP contribution is -2.41. The Morgan fingerprint density at radius 3 is 2.36 bits per heavy atom. The maximum atomic E-state index is 12.4. The lowest BCUT2D eigenvalue weighted by molar-refractivity contribution is -0.123. The van der Waals surface area contributed by atoms with Gasteiger partial charge in [0.25, 0.3) is 0 Å². The van der Waals surface area contributed by atoms with Gasteiger partial charge in [-0.05, 0) is 49.7 Å². The van der Waals surface area contributed by atoms with Gasteiger partial charge in [0.1, 0.15) is 0 Å². The Balaban J connectivity index is 0.00000242. The highest BCUT2D eigenvalue weighted by Crippen LogP contribution is 2.22. The van der Waals surface area contributed by atoms with Gasteiger partial charge in [0.15, 0.2) is 5.78 Å². The molecule has 2 nitrogen and oxygen atoms in total. The molecule has 1 heterocycles. The van der Waals surface area contributed by atoms with Crippen molar-refractivity contribution in [2.75, 3.05) is 19.6 Å². The van der Waals surface area contributed by atoms with Crippen molar-refractivity contribution >= 4 is 35.9 Å². The zero-order valence-corrected chi connectivity index (χ0v) is 14.9. The minimum absolute atomic E-state index is 0. The van der Waals surface area contributed by atoms with Crippen LogP contribution in [0.15, 0.2) is 30.3 Å². The van der Waals surface area contributed by atoms with Crippen LogP contribution >= 0.6 is 24.0 Å². The Bertz CT molecular complexity index is 502. The second-order valence-corrected chi connectivity index (χ2v) is 6.91. The molecule has 0 unspecified atom stereocenters. The number of carbonyl (C=O) groups excluding carboxylic acids is 1. The van der Waals surface area contributed by atoms with Crippen molar-refractivity contribution < 1.29 is 4.79 Å². The van der Waals surface area contributed by atoms with Gasteiger partial charge >= 0.3 is 0 Å². The Kier molecular flexibility index (Phi) is 7.61. The number of carbonyl (C=O) groups is 1. The maximum Gasteiger partial charge on any atom is 0.162 e. The molecule has 0 atom stereocenters. The minimum Gasteiger partial charge on any atom is -0.302 e. The standard InChI is InChI=1S/C18H24ClNO.ClH/c1-18(2,14-20-12-4-3-5-13-20)17(21)11-8-15-6-9-16(19)10-7-15;/h6-11H,3-5,12-14H2,1-2H3;1H/b11-8+;. The molecule has 122 valence electrons. The first-order chi connectivity index (χ1) is 9.97. The summed E-state index contributed by atoms with van der Waals surface area (Å²) in [6.45, 7) is 7.16. The summed E-state index contributed by atoms with van der Waals surface area (Å²) in [6.07, 6.45) is 7.40. The fourth-order valence-corrected chi connectivity index (χ4v) is 2.85. The number of piperidine rings is 1. The maximum absolute atomic E-state index is 12.4. The molecular formula is C18H25Cl2NO. The van der Waals surface area contributed by atoms with E-state index in [-0.39, 0.29) is 23.6 Å². The third-order valence-corrected chi connectivity index (χ3v) is 4.28. The molecule has 2 rings (SSSR count). The van der Waals surface area contributed by atoms with Crippen molar-refractivity contribution in [2.45, 2.75) is 33.1 Å². The number of hydrogen-bond donors (Lipinski definition) is 0. The number of benzene rings is 1. The highest BCUT2D eigenvalue weighted by atomic mass is 35.5. The van der Waals surface area contributed by atoms with Crippen LogP contribution in [0, 0.1) is 5.41 Å². The van der Waals surface area contributed by atoms with E-state index in [0.717, 1.165) is 25.2 Å². The van der Waals surface area contributed by atoms with E-state index in [2.05, 4.69) is 4.90 Å². The first-order valence-corrected chi connectivity index (χ1v) is 8.06. The molecule has 0 amide bonds. The SMILES string of the molecule is CC(C)(CN1CCCCC1)C(=O)/C=C/c1ccc(Cl)cc1.Cl. The molecular weight excluding hydrogens is 317 g/mol. The first-order valence-electron chi connectivity index (χ1n) is 7.68. The normalized spacial score (nSPS) is 16.5. The predicted octanol–water partition coefficient (Wildman–Crippen LogP) is 4.86. The quantitative estimate of drug-likeness (QED) is 0.713. The van der Waals surface area contributed by atoms with Crippen LogP contribution in [0.25, 0.3) is 6.08 Å². The minimum atomic E-state index is -0.333. The number of nitrogens with zero attached hydrogens (tertiary/aromatic N) is 1. The van der Waals surface area contributed by atoms with Gasteiger partial charge in [-0.15, -0.1) is 12.4 Å². The van der Waals surface area contributed by atoms with Gasteiger partial charge in [0, 0.05) is 17.0 Å². The molecule has 1 aliphatic heterocycles.